The topological polar surface area (TPSA) is 15.3 Å². The van der Waals surface area contributed by atoms with Crippen LogP contribution in [0.4, 0.5) is 5.69 Å². The molecule has 1 aromatic carbocycles. The Balaban J connectivity index is 2.04. The van der Waals surface area contributed by atoms with Crippen molar-refractivity contribution in [1.29, 1.82) is 0 Å². The van der Waals surface area contributed by atoms with Crippen molar-refractivity contribution in [2.75, 3.05) is 18.0 Å². The van der Waals surface area contributed by atoms with Gasteiger partial charge in [-0.25, -0.2) is 0 Å². The van der Waals surface area contributed by atoms with Crippen LogP contribution in [-0.2, 0) is 6.54 Å². The highest BCUT2D eigenvalue weighted by atomic mass is 15.1. The zero-order chi connectivity index (χ0) is 13.7. The molecule has 0 atom stereocenters. The summed E-state index contributed by atoms with van der Waals surface area (Å²) in [4.78, 5) is 2.56. The van der Waals surface area contributed by atoms with E-state index < -0.39 is 0 Å². The second kappa shape index (κ2) is 6.95. The monoisotopic (exact) mass is 260 g/mol. The van der Waals surface area contributed by atoms with Crippen LogP contribution in [0.5, 0.6) is 0 Å². The number of aryl methyl sites for hydroxylation is 1. The number of anilines is 1. The quantitative estimate of drug-likeness (QED) is 0.884. The number of hydrogen-bond donors (Lipinski definition) is 1. The molecule has 0 aliphatic carbocycles. The van der Waals surface area contributed by atoms with Gasteiger partial charge in [-0.05, 0) is 43.0 Å². The second-order valence-corrected chi connectivity index (χ2v) is 6.05. The van der Waals surface area contributed by atoms with E-state index in [9.17, 15) is 0 Å². The van der Waals surface area contributed by atoms with Crippen molar-refractivity contribution < 1.29 is 0 Å². The van der Waals surface area contributed by atoms with Gasteiger partial charge in [-0.1, -0.05) is 32.8 Å². The van der Waals surface area contributed by atoms with E-state index in [1.807, 2.05) is 0 Å². The molecule has 1 aromatic rings. The Morgan fingerprint density at radius 3 is 2.37 bits per heavy atom. The van der Waals surface area contributed by atoms with Crippen LogP contribution in [-0.4, -0.2) is 19.1 Å². The van der Waals surface area contributed by atoms with E-state index in [0.717, 1.165) is 6.54 Å². The Kier molecular flexibility index (Phi) is 5.26. The van der Waals surface area contributed by atoms with Crippen molar-refractivity contribution in [3.05, 3.63) is 29.3 Å². The molecular formula is C17H28N2. The van der Waals surface area contributed by atoms with Gasteiger partial charge in [0.15, 0.2) is 0 Å². The summed E-state index contributed by atoms with van der Waals surface area (Å²) < 4.78 is 0. The van der Waals surface area contributed by atoms with Crippen molar-refractivity contribution in [1.82, 2.24) is 5.32 Å². The SMILES string of the molecule is Cc1cc(N2CCCCCC2)ccc1CNC(C)C. The van der Waals surface area contributed by atoms with Crippen LogP contribution in [0.25, 0.3) is 0 Å². The fraction of sp³-hybridized carbons (Fsp3) is 0.647. The van der Waals surface area contributed by atoms with Gasteiger partial charge in [0.2, 0.25) is 0 Å². The molecule has 0 unspecified atom stereocenters. The zero-order valence-corrected chi connectivity index (χ0v) is 12.7. The molecule has 1 aliphatic rings. The largest absolute Gasteiger partial charge is 0.372 e. The van der Waals surface area contributed by atoms with Crippen LogP contribution in [0.3, 0.4) is 0 Å². The molecule has 1 fully saturated rings. The molecule has 0 bridgehead atoms. The Morgan fingerprint density at radius 1 is 1.11 bits per heavy atom. The van der Waals surface area contributed by atoms with Crippen LogP contribution in [0.15, 0.2) is 18.2 Å². The van der Waals surface area contributed by atoms with Gasteiger partial charge in [-0.15, -0.1) is 0 Å². The molecule has 2 rings (SSSR count). The Labute approximate surface area is 118 Å². The molecular weight excluding hydrogens is 232 g/mol. The molecule has 0 amide bonds. The van der Waals surface area contributed by atoms with Crippen LogP contribution in [0, 0.1) is 6.92 Å². The molecule has 0 saturated carbocycles. The summed E-state index contributed by atoms with van der Waals surface area (Å²) >= 11 is 0. The Bertz CT molecular complexity index is 390. The summed E-state index contributed by atoms with van der Waals surface area (Å²) in [7, 11) is 0. The first-order valence-electron chi connectivity index (χ1n) is 7.74. The van der Waals surface area contributed by atoms with Gasteiger partial charge >= 0.3 is 0 Å². The maximum atomic E-state index is 3.50. The molecule has 0 radical (unpaired) electrons. The highest BCUT2D eigenvalue weighted by molar-refractivity contribution is 5.51. The number of rotatable bonds is 4. The smallest absolute Gasteiger partial charge is 0.0369 e. The summed E-state index contributed by atoms with van der Waals surface area (Å²) in [6.07, 6.45) is 5.48. The molecule has 1 saturated heterocycles. The van der Waals surface area contributed by atoms with E-state index in [1.54, 1.807) is 0 Å². The van der Waals surface area contributed by atoms with Crippen LogP contribution >= 0.6 is 0 Å². The Hall–Kier alpha value is -1.02. The van der Waals surface area contributed by atoms with Crippen molar-refractivity contribution >= 4 is 5.69 Å². The van der Waals surface area contributed by atoms with E-state index in [-0.39, 0.29) is 0 Å². The van der Waals surface area contributed by atoms with Gasteiger partial charge in [0.1, 0.15) is 0 Å². The molecule has 19 heavy (non-hydrogen) atoms. The lowest BCUT2D eigenvalue weighted by Gasteiger charge is -2.24. The molecule has 106 valence electrons. The van der Waals surface area contributed by atoms with Crippen LogP contribution in [0.1, 0.15) is 50.7 Å². The van der Waals surface area contributed by atoms with E-state index in [1.165, 1.54) is 55.6 Å². The third-order valence-electron chi connectivity index (χ3n) is 4.00. The molecule has 2 nitrogen and oxygen atoms in total. The van der Waals surface area contributed by atoms with Gasteiger partial charge in [0, 0.05) is 31.4 Å². The van der Waals surface area contributed by atoms with Gasteiger partial charge in [0.25, 0.3) is 0 Å². The van der Waals surface area contributed by atoms with Gasteiger partial charge < -0.3 is 10.2 Å². The first kappa shape index (κ1) is 14.4. The number of nitrogens with zero attached hydrogens (tertiary/aromatic N) is 1. The molecule has 1 heterocycles. The first-order chi connectivity index (χ1) is 9.16. The lowest BCUT2D eigenvalue weighted by atomic mass is 10.1. The van der Waals surface area contributed by atoms with Crippen molar-refractivity contribution in [3.63, 3.8) is 0 Å². The summed E-state index contributed by atoms with van der Waals surface area (Å²) in [5.41, 5.74) is 4.25. The lowest BCUT2D eigenvalue weighted by molar-refractivity contribution is 0.587. The minimum Gasteiger partial charge on any atom is -0.372 e. The summed E-state index contributed by atoms with van der Waals surface area (Å²) in [5.74, 6) is 0. The average Bonchev–Trinajstić information content (AvgIpc) is 2.66. The normalized spacial score (nSPS) is 16.7. The minimum atomic E-state index is 0.546. The van der Waals surface area contributed by atoms with Gasteiger partial charge in [-0.3, -0.25) is 0 Å². The highest BCUT2D eigenvalue weighted by Crippen LogP contribution is 2.22. The highest BCUT2D eigenvalue weighted by Gasteiger charge is 2.10. The fourth-order valence-electron chi connectivity index (χ4n) is 2.72. The maximum Gasteiger partial charge on any atom is 0.0369 e. The Morgan fingerprint density at radius 2 is 1.79 bits per heavy atom. The van der Waals surface area contributed by atoms with Gasteiger partial charge in [-0.2, -0.15) is 0 Å². The van der Waals surface area contributed by atoms with Crippen molar-refractivity contribution in [2.24, 2.45) is 0 Å². The molecule has 1 aliphatic heterocycles. The molecule has 0 spiro atoms. The third kappa shape index (κ3) is 4.24. The lowest BCUT2D eigenvalue weighted by Crippen LogP contribution is -2.24. The van der Waals surface area contributed by atoms with Crippen molar-refractivity contribution in [3.8, 4) is 0 Å². The van der Waals surface area contributed by atoms with Crippen molar-refractivity contribution in [2.45, 2.75) is 59.0 Å². The fourth-order valence-corrected chi connectivity index (χ4v) is 2.72. The van der Waals surface area contributed by atoms with E-state index in [0.29, 0.717) is 6.04 Å². The second-order valence-electron chi connectivity index (χ2n) is 6.05. The minimum absolute atomic E-state index is 0.546. The summed E-state index contributed by atoms with van der Waals surface area (Å²) in [6, 6.07) is 7.51. The summed E-state index contributed by atoms with van der Waals surface area (Å²) in [5, 5.41) is 3.50. The first-order valence-corrected chi connectivity index (χ1v) is 7.74. The molecule has 0 aromatic heterocycles. The van der Waals surface area contributed by atoms with E-state index >= 15 is 0 Å². The predicted octanol–water partition coefficient (Wildman–Crippen LogP) is 3.87. The van der Waals surface area contributed by atoms with Crippen LogP contribution in [0.2, 0.25) is 0 Å². The number of benzene rings is 1. The van der Waals surface area contributed by atoms with E-state index in [2.05, 4.69) is 49.2 Å². The number of nitrogens with one attached hydrogen (secondary N) is 1. The van der Waals surface area contributed by atoms with Gasteiger partial charge in [0.05, 0.1) is 0 Å². The number of hydrogen-bond acceptors (Lipinski definition) is 2. The van der Waals surface area contributed by atoms with E-state index in [4.69, 9.17) is 0 Å². The molecule has 2 heteroatoms. The average molecular weight is 260 g/mol. The van der Waals surface area contributed by atoms with Crippen LogP contribution < -0.4 is 10.2 Å². The maximum absolute atomic E-state index is 3.50. The standard InChI is InChI=1S/C17H28N2/c1-14(2)18-13-16-8-9-17(12-15(16)3)19-10-6-4-5-7-11-19/h8-9,12,14,18H,4-7,10-11,13H2,1-3H3. The predicted molar refractivity (Wildman–Crippen MR) is 83.8 cm³/mol. The zero-order valence-electron chi connectivity index (χ0n) is 12.7. The third-order valence-corrected chi connectivity index (χ3v) is 4.00. The molecule has 1 N–H and O–H groups in total. The summed E-state index contributed by atoms with van der Waals surface area (Å²) in [6.45, 7) is 10.1.